The van der Waals surface area contributed by atoms with E-state index in [2.05, 4.69) is 65.8 Å². The molecule has 0 radical (unpaired) electrons. The lowest BCUT2D eigenvalue weighted by Crippen LogP contribution is -2.60. The average Bonchev–Trinajstić information content (AvgIpc) is 2.27. The van der Waals surface area contributed by atoms with E-state index in [1.165, 1.54) is 0 Å². The third kappa shape index (κ3) is 12.6. The molecule has 0 aromatic rings. The van der Waals surface area contributed by atoms with Crippen LogP contribution in [0.5, 0.6) is 0 Å². The predicted octanol–water partition coefficient (Wildman–Crippen LogP) is 5.81. The van der Waals surface area contributed by atoms with Crippen LogP contribution in [0.1, 0.15) is 20.3 Å². The van der Waals surface area contributed by atoms with Crippen molar-refractivity contribution in [3.05, 3.63) is 12.3 Å². The molecular formula is C16H40O4Si4. The molecule has 4 nitrogen and oxygen atoms in total. The maximum absolute atomic E-state index is 6.66. The molecule has 144 valence electrons. The molecule has 24 heavy (non-hydrogen) atoms. The summed E-state index contributed by atoms with van der Waals surface area (Å²) >= 11 is 0. The topological polar surface area (TPSA) is 36.9 Å². The van der Waals surface area contributed by atoms with E-state index in [1.807, 2.05) is 13.0 Å². The van der Waals surface area contributed by atoms with Crippen molar-refractivity contribution < 1.29 is 17.1 Å². The van der Waals surface area contributed by atoms with Gasteiger partial charge in [0.2, 0.25) is 0 Å². The highest BCUT2D eigenvalue weighted by molar-refractivity contribution is 6.90. The Morgan fingerprint density at radius 1 is 0.750 bits per heavy atom. The summed E-state index contributed by atoms with van der Waals surface area (Å²) in [5, 5.41) is 0. The summed E-state index contributed by atoms with van der Waals surface area (Å²) in [6.45, 7) is 24.0. The van der Waals surface area contributed by atoms with Crippen molar-refractivity contribution >= 4 is 33.8 Å². The third-order valence-corrected chi connectivity index (χ3v) is 14.7. The van der Waals surface area contributed by atoms with E-state index in [0.717, 1.165) is 12.5 Å². The molecule has 0 aliphatic rings. The second kappa shape index (κ2) is 9.29. The van der Waals surface area contributed by atoms with Gasteiger partial charge in [-0.05, 0) is 79.2 Å². The summed E-state index contributed by atoms with van der Waals surface area (Å²) in [5.41, 5.74) is 0. The van der Waals surface area contributed by atoms with E-state index in [4.69, 9.17) is 17.1 Å². The molecule has 0 N–H and O–H groups in total. The van der Waals surface area contributed by atoms with Crippen LogP contribution in [0.15, 0.2) is 12.3 Å². The molecule has 0 heterocycles. The molecule has 0 saturated heterocycles. The second-order valence-electron chi connectivity index (χ2n) is 9.28. The molecule has 0 rings (SSSR count). The molecule has 1 atom stereocenters. The first kappa shape index (κ1) is 24.3. The molecule has 0 aromatic carbocycles. The van der Waals surface area contributed by atoms with E-state index in [-0.39, 0.29) is 6.10 Å². The molecule has 8 heteroatoms. The molecule has 0 aliphatic heterocycles. The van der Waals surface area contributed by atoms with Crippen molar-refractivity contribution in [2.45, 2.75) is 91.3 Å². The van der Waals surface area contributed by atoms with Gasteiger partial charge in [0.15, 0.2) is 25.0 Å². The van der Waals surface area contributed by atoms with Gasteiger partial charge < -0.3 is 17.1 Å². The van der Waals surface area contributed by atoms with Gasteiger partial charge in [-0.3, -0.25) is 0 Å². The van der Waals surface area contributed by atoms with Crippen molar-refractivity contribution in [1.29, 1.82) is 0 Å². The summed E-state index contributed by atoms with van der Waals surface area (Å²) in [7, 11) is -8.09. The first-order valence-corrected chi connectivity index (χ1v) is 21.1. The standard InChI is InChI=1S/C16H40O4Si4/c1-12-14-17-16(2)13-15-24(18-21(3,4)5,19-22(6,7)8)20-23(9,10)11/h12,14,16H,13,15H2,1-11H3. The zero-order chi connectivity index (χ0) is 19.2. The molecule has 0 saturated carbocycles. The van der Waals surface area contributed by atoms with Crippen LogP contribution in [-0.2, 0) is 17.1 Å². The molecule has 0 aliphatic carbocycles. The van der Waals surface area contributed by atoms with Gasteiger partial charge in [0.25, 0.3) is 0 Å². The number of allylic oxidation sites excluding steroid dienone is 1. The first-order valence-electron chi connectivity index (χ1n) is 8.95. The molecule has 0 spiro atoms. The monoisotopic (exact) mass is 408 g/mol. The van der Waals surface area contributed by atoms with Crippen LogP contribution < -0.4 is 0 Å². The van der Waals surface area contributed by atoms with Crippen LogP contribution >= 0.6 is 0 Å². The van der Waals surface area contributed by atoms with Crippen LogP contribution in [0.4, 0.5) is 0 Å². The predicted molar refractivity (Wildman–Crippen MR) is 114 cm³/mol. The Labute approximate surface area is 154 Å². The molecule has 0 bridgehead atoms. The van der Waals surface area contributed by atoms with Crippen LogP contribution in [0.25, 0.3) is 0 Å². The summed E-state index contributed by atoms with van der Waals surface area (Å²) < 4.78 is 25.7. The summed E-state index contributed by atoms with van der Waals surface area (Å²) in [6, 6.07) is 0.824. The van der Waals surface area contributed by atoms with Crippen molar-refractivity contribution in [1.82, 2.24) is 0 Å². The Morgan fingerprint density at radius 2 is 1.12 bits per heavy atom. The number of ether oxygens (including phenoxy) is 1. The SMILES string of the molecule is CC=COC(C)CC[Si](O[Si](C)(C)C)(O[Si](C)(C)C)O[Si](C)(C)C. The van der Waals surface area contributed by atoms with E-state index in [9.17, 15) is 0 Å². The molecule has 0 fully saturated rings. The fraction of sp³-hybridized carbons (Fsp3) is 0.875. The maximum Gasteiger partial charge on any atom is 0.469 e. The Hall–Kier alpha value is 0.288. The highest BCUT2D eigenvalue weighted by atomic mass is 28.5. The van der Waals surface area contributed by atoms with E-state index in [0.29, 0.717) is 0 Å². The number of hydrogen-bond acceptors (Lipinski definition) is 4. The minimum Gasteiger partial charge on any atom is -0.499 e. The third-order valence-electron chi connectivity index (χ3n) is 2.69. The Morgan fingerprint density at radius 3 is 1.42 bits per heavy atom. The lowest BCUT2D eigenvalue weighted by atomic mass is 10.3. The Kier molecular flexibility index (Phi) is 9.40. The zero-order valence-electron chi connectivity index (χ0n) is 17.8. The van der Waals surface area contributed by atoms with Crippen molar-refractivity contribution in [2.75, 3.05) is 0 Å². The lowest BCUT2D eigenvalue weighted by molar-refractivity contribution is 0.149. The van der Waals surface area contributed by atoms with Gasteiger partial charge in [0, 0.05) is 6.04 Å². The Balaban J connectivity index is 5.45. The minimum atomic E-state index is -2.72. The van der Waals surface area contributed by atoms with Gasteiger partial charge in [-0.25, -0.2) is 0 Å². The fourth-order valence-electron chi connectivity index (χ4n) is 2.28. The molecular weight excluding hydrogens is 369 g/mol. The number of rotatable bonds is 11. The van der Waals surface area contributed by atoms with Gasteiger partial charge in [-0.1, -0.05) is 6.08 Å². The van der Waals surface area contributed by atoms with Gasteiger partial charge >= 0.3 is 8.80 Å². The van der Waals surface area contributed by atoms with Crippen LogP contribution in [0.2, 0.25) is 65.0 Å². The van der Waals surface area contributed by atoms with Crippen LogP contribution in [0.3, 0.4) is 0 Å². The summed E-state index contributed by atoms with van der Waals surface area (Å²) in [6.07, 6.45) is 4.69. The summed E-state index contributed by atoms with van der Waals surface area (Å²) in [4.78, 5) is 0. The average molecular weight is 409 g/mol. The summed E-state index contributed by atoms with van der Waals surface area (Å²) in [5.74, 6) is 0. The van der Waals surface area contributed by atoms with Crippen LogP contribution in [0, 0.1) is 0 Å². The second-order valence-corrected chi connectivity index (χ2v) is 26.3. The smallest absolute Gasteiger partial charge is 0.469 e. The molecule has 1 unspecified atom stereocenters. The zero-order valence-corrected chi connectivity index (χ0v) is 21.8. The van der Waals surface area contributed by atoms with Gasteiger partial charge in [0.1, 0.15) is 0 Å². The van der Waals surface area contributed by atoms with Gasteiger partial charge in [-0.15, -0.1) is 0 Å². The Bertz CT molecular complexity index is 354. The van der Waals surface area contributed by atoms with Crippen molar-refractivity contribution in [3.8, 4) is 0 Å². The quantitative estimate of drug-likeness (QED) is 0.319. The van der Waals surface area contributed by atoms with Crippen LogP contribution in [-0.4, -0.2) is 39.9 Å². The van der Waals surface area contributed by atoms with E-state index < -0.39 is 33.8 Å². The highest BCUT2D eigenvalue weighted by Crippen LogP contribution is 2.30. The molecule has 0 amide bonds. The minimum absolute atomic E-state index is 0.133. The van der Waals surface area contributed by atoms with Gasteiger partial charge in [0.05, 0.1) is 12.4 Å². The van der Waals surface area contributed by atoms with E-state index >= 15 is 0 Å². The lowest BCUT2D eigenvalue weighted by Gasteiger charge is -2.43. The fourth-order valence-corrected chi connectivity index (χ4v) is 17.1. The van der Waals surface area contributed by atoms with Crippen molar-refractivity contribution in [2.24, 2.45) is 0 Å². The highest BCUT2D eigenvalue weighted by Gasteiger charge is 2.49. The maximum atomic E-state index is 6.66. The normalized spacial score (nSPS) is 15.8. The van der Waals surface area contributed by atoms with Gasteiger partial charge in [-0.2, -0.15) is 0 Å². The van der Waals surface area contributed by atoms with Crippen molar-refractivity contribution in [3.63, 3.8) is 0 Å². The molecule has 0 aromatic heterocycles. The number of hydrogen-bond donors (Lipinski definition) is 0. The largest absolute Gasteiger partial charge is 0.499 e. The van der Waals surface area contributed by atoms with E-state index in [1.54, 1.807) is 6.26 Å². The first-order chi connectivity index (χ1) is 10.6.